The molecule has 0 aliphatic carbocycles. The molecule has 0 saturated heterocycles. The number of amides is 2. The zero-order chi connectivity index (χ0) is 15.7. The second-order valence-corrected chi connectivity index (χ2v) is 5.00. The van der Waals surface area contributed by atoms with Crippen LogP contribution in [-0.2, 0) is 14.3 Å². The predicted octanol–water partition coefficient (Wildman–Crippen LogP) is 1.13. The van der Waals surface area contributed by atoms with Crippen LogP contribution < -0.4 is 10.6 Å². The Labute approximate surface area is 119 Å². The van der Waals surface area contributed by atoms with E-state index in [1.165, 1.54) is 7.11 Å². The summed E-state index contributed by atoms with van der Waals surface area (Å²) in [7, 11) is 1.24. The minimum atomic E-state index is -1.10. The lowest BCUT2D eigenvalue weighted by molar-refractivity contribution is -0.143. The van der Waals surface area contributed by atoms with Crippen LogP contribution in [0.3, 0.4) is 0 Å². The minimum Gasteiger partial charge on any atom is -0.480 e. The lowest BCUT2D eigenvalue weighted by atomic mass is 10.0. The SMILES string of the molecule is CCC[C@@H](NC(=O)NC(CC(C)C)C(=O)OC)C(=O)O. The molecule has 0 aliphatic heterocycles. The number of methoxy groups -OCH3 is 1. The second kappa shape index (κ2) is 9.17. The Balaban J connectivity index is 4.58. The Hall–Kier alpha value is -1.79. The van der Waals surface area contributed by atoms with Crippen LogP contribution in [0.2, 0.25) is 0 Å². The maximum Gasteiger partial charge on any atom is 0.328 e. The molecule has 1 unspecified atom stereocenters. The fourth-order valence-corrected chi connectivity index (χ4v) is 1.73. The maximum atomic E-state index is 11.8. The van der Waals surface area contributed by atoms with Gasteiger partial charge in [0.25, 0.3) is 0 Å². The summed E-state index contributed by atoms with van der Waals surface area (Å²) in [5.41, 5.74) is 0. The Bertz CT molecular complexity index is 344. The van der Waals surface area contributed by atoms with Crippen molar-refractivity contribution < 1.29 is 24.2 Å². The summed E-state index contributed by atoms with van der Waals surface area (Å²) in [6, 6.07) is -2.42. The first-order chi connectivity index (χ1) is 9.31. The van der Waals surface area contributed by atoms with Crippen molar-refractivity contribution in [1.82, 2.24) is 10.6 Å². The van der Waals surface area contributed by atoms with E-state index in [0.29, 0.717) is 19.3 Å². The molecule has 0 saturated carbocycles. The Morgan fingerprint density at radius 2 is 1.70 bits per heavy atom. The van der Waals surface area contributed by atoms with Gasteiger partial charge in [0, 0.05) is 0 Å². The molecule has 0 rings (SSSR count). The van der Waals surface area contributed by atoms with E-state index in [1.54, 1.807) is 0 Å². The van der Waals surface area contributed by atoms with Crippen molar-refractivity contribution in [3.8, 4) is 0 Å². The number of carbonyl (C=O) groups is 3. The van der Waals surface area contributed by atoms with Crippen LogP contribution in [-0.4, -0.2) is 42.3 Å². The van der Waals surface area contributed by atoms with Gasteiger partial charge >= 0.3 is 18.0 Å². The molecule has 0 aliphatic rings. The predicted molar refractivity (Wildman–Crippen MR) is 73.3 cm³/mol. The molecule has 20 heavy (non-hydrogen) atoms. The highest BCUT2D eigenvalue weighted by atomic mass is 16.5. The fraction of sp³-hybridized carbons (Fsp3) is 0.769. The number of hydrogen-bond acceptors (Lipinski definition) is 4. The molecule has 7 nitrogen and oxygen atoms in total. The van der Waals surface area contributed by atoms with E-state index in [-0.39, 0.29) is 5.92 Å². The highest BCUT2D eigenvalue weighted by molar-refractivity contribution is 5.86. The van der Waals surface area contributed by atoms with E-state index in [1.807, 2.05) is 20.8 Å². The minimum absolute atomic E-state index is 0.185. The number of hydrogen-bond donors (Lipinski definition) is 3. The van der Waals surface area contributed by atoms with E-state index in [0.717, 1.165) is 0 Å². The van der Waals surface area contributed by atoms with E-state index in [2.05, 4.69) is 15.4 Å². The molecule has 2 amide bonds. The number of rotatable bonds is 8. The number of aliphatic carboxylic acids is 1. The molecule has 0 heterocycles. The molecule has 2 atom stereocenters. The fourth-order valence-electron chi connectivity index (χ4n) is 1.73. The molecule has 0 fully saturated rings. The zero-order valence-electron chi connectivity index (χ0n) is 12.4. The van der Waals surface area contributed by atoms with Crippen molar-refractivity contribution in [2.24, 2.45) is 5.92 Å². The number of carboxylic acids is 1. The van der Waals surface area contributed by atoms with Gasteiger partial charge < -0.3 is 20.5 Å². The Morgan fingerprint density at radius 1 is 1.15 bits per heavy atom. The van der Waals surface area contributed by atoms with Crippen molar-refractivity contribution >= 4 is 18.0 Å². The van der Waals surface area contributed by atoms with Gasteiger partial charge in [-0.25, -0.2) is 14.4 Å². The molecule has 3 N–H and O–H groups in total. The average molecular weight is 288 g/mol. The highest BCUT2D eigenvalue weighted by Crippen LogP contribution is 2.06. The molecular weight excluding hydrogens is 264 g/mol. The Kier molecular flexibility index (Phi) is 8.35. The molecular formula is C13H24N2O5. The number of carbonyl (C=O) groups excluding carboxylic acids is 2. The summed E-state index contributed by atoms with van der Waals surface area (Å²) in [5.74, 6) is -1.46. The summed E-state index contributed by atoms with van der Waals surface area (Å²) >= 11 is 0. The third-order valence-corrected chi connectivity index (χ3v) is 2.68. The second-order valence-electron chi connectivity index (χ2n) is 5.00. The van der Waals surface area contributed by atoms with Crippen molar-refractivity contribution in [2.45, 2.75) is 52.1 Å². The van der Waals surface area contributed by atoms with Crippen LogP contribution >= 0.6 is 0 Å². The third-order valence-electron chi connectivity index (χ3n) is 2.68. The topological polar surface area (TPSA) is 105 Å². The van der Waals surface area contributed by atoms with Gasteiger partial charge in [0.2, 0.25) is 0 Å². The van der Waals surface area contributed by atoms with Gasteiger partial charge in [-0.15, -0.1) is 0 Å². The van der Waals surface area contributed by atoms with Gasteiger partial charge in [-0.05, 0) is 18.8 Å². The smallest absolute Gasteiger partial charge is 0.328 e. The normalized spacial score (nSPS) is 13.4. The molecule has 0 bridgehead atoms. The van der Waals surface area contributed by atoms with E-state index in [4.69, 9.17) is 5.11 Å². The van der Waals surface area contributed by atoms with Gasteiger partial charge in [0.1, 0.15) is 12.1 Å². The van der Waals surface area contributed by atoms with E-state index < -0.39 is 30.1 Å². The summed E-state index contributed by atoms with van der Waals surface area (Å²) < 4.78 is 4.62. The first kappa shape index (κ1) is 18.2. The largest absolute Gasteiger partial charge is 0.480 e. The molecule has 0 aromatic heterocycles. The summed E-state index contributed by atoms with van der Waals surface area (Å²) in [6.45, 7) is 5.64. The summed E-state index contributed by atoms with van der Waals surface area (Å²) in [4.78, 5) is 34.2. The van der Waals surface area contributed by atoms with Crippen molar-refractivity contribution in [2.75, 3.05) is 7.11 Å². The third kappa shape index (κ3) is 6.96. The highest BCUT2D eigenvalue weighted by Gasteiger charge is 2.25. The molecule has 116 valence electrons. The number of ether oxygens (including phenoxy) is 1. The number of carboxylic acid groups (broad SMARTS) is 1. The first-order valence-corrected chi connectivity index (χ1v) is 6.69. The zero-order valence-corrected chi connectivity index (χ0v) is 12.4. The van der Waals surface area contributed by atoms with Gasteiger partial charge in [-0.3, -0.25) is 0 Å². The van der Waals surface area contributed by atoms with Crippen molar-refractivity contribution in [3.05, 3.63) is 0 Å². The molecule has 0 aromatic rings. The number of nitrogens with one attached hydrogen (secondary N) is 2. The maximum absolute atomic E-state index is 11.8. The van der Waals surface area contributed by atoms with Gasteiger partial charge in [0.05, 0.1) is 7.11 Å². The monoisotopic (exact) mass is 288 g/mol. The van der Waals surface area contributed by atoms with Crippen LogP contribution in [0, 0.1) is 5.92 Å². The average Bonchev–Trinajstić information content (AvgIpc) is 2.35. The van der Waals surface area contributed by atoms with Crippen molar-refractivity contribution in [3.63, 3.8) is 0 Å². The lowest BCUT2D eigenvalue weighted by Crippen LogP contribution is -2.51. The molecule has 7 heteroatoms. The standard InChI is InChI=1S/C13H24N2O5/c1-5-6-9(11(16)17)14-13(19)15-10(7-8(2)3)12(18)20-4/h8-10H,5-7H2,1-4H3,(H,16,17)(H2,14,15,19)/t9-,10?/m1/s1. The molecule has 0 radical (unpaired) electrons. The summed E-state index contributed by atoms with van der Waals surface area (Å²) in [5, 5.41) is 13.8. The van der Waals surface area contributed by atoms with Gasteiger partial charge in [0.15, 0.2) is 0 Å². The van der Waals surface area contributed by atoms with Crippen molar-refractivity contribution in [1.29, 1.82) is 0 Å². The lowest BCUT2D eigenvalue weighted by Gasteiger charge is -2.20. The van der Waals surface area contributed by atoms with Gasteiger partial charge in [-0.2, -0.15) is 0 Å². The quantitative estimate of drug-likeness (QED) is 0.581. The number of urea groups is 1. The van der Waals surface area contributed by atoms with E-state index in [9.17, 15) is 14.4 Å². The Morgan fingerprint density at radius 3 is 2.10 bits per heavy atom. The first-order valence-electron chi connectivity index (χ1n) is 6.69. The molecule has 0 spiro atoms. The van der Waals surface area contributed by atoms with Crippen LogP contribution in [0.25, 0.3) is 0 Å². The van der Waals surface area contributed by atoms with Crippen LogP contribution in [0.5, 0.6) is 0 Å². The van der Waals surface area contributed by atoms with Gasteiger partial charge in [-0.1, -0.05) is 27.2 Å². The molecule has 0 aromatic carbocycles. The van der Waals surface area contributed by atoms with Crippen LogP contribution in [0.4, 0.5) is 4.79 Å². The van der Waals surface area contributed by atoms with Crippen LogP contribution in [0.15, 0.2) is 0 Å². The van der Waals surface area contributed by atoms with E-state index >= 15 is 0 Å². The summed E-state index contributed by atoms with van der Waals surface area (Å²) in [6.07, 6.45) is 1.38. The van der Waals surface area contributed by atoms with Crippen LogP contribution in [0.1, 0.15) is 40.0 Å². The number of esters is 1.